The number of nitrogens with zero attached hydrogens (tertiary/aromatic N) is 2. The lowest BCUT2D eigenvalue weighted by molar-refractivity contribution is -0.385. The van der Waals surface area contributed by atoms with Crippen LogP contribution >= 0.6 is 0 Å². The van der Waals surface area contributed by atoms with Gasteiger partial charge >= 0.3 is 11.9 Å². The highest BCUT2D eigenvalue weighted by Crippen LogP contribution is 2.25. The topological polar surface area (TPSA) is 127 Å². The van der Waals surface area contributed by atoms with Crippen molar-refractivity contribution in [2.75, 3.05) is 20.2 Å². The Bertz CT molecular complexity index is 693. The van der Waals surface area contributed by atoms with Crippen molar-refractivity contribution >= 4 is 23.5 Å². The summed E-state index contributed by atoms with van der Waals surface area (Å²) < 4.78 is 4.56. The zero-order valence-corrected chi connectivity index (χ0v) is 12.9. The van der Waals surface area contributed by atoms with Gasteiger partial charge in [0.25, 0.3) is 11.6 Å². The first-order valence-electron chi connectivity index (χ1n) is 7.24. The zero-order valence-electron chi connectivity index (χ0n) is 12.9. The second kappa shape index (κ2) is 7.07. The number of benzene rings is 1. The van der Waals surface area contributed by atoms with Gasteiger partial charge in [-0.3, -0.25) is 19.7 Å². The molecule has 1 aliphatic rings. The van der Waals surface area contributed by atoms with E-state index in [0.29, 0.717) is 0 Å². The maximum atomic E-state index is 12.6. The monoisotopic (exact) mass is 336 g/mol. The fourth-order valence-corrected chi connectivity index (χ4v) is 2.61. The van der Waals surface area contributed by atoms with Crippen molar-refractivity contribution in [3.63, 3.8) is 0 Å². The zero-order chi connectivity index (χ0) is 17.9. The molecule has 1 N–H and O–H groups in total. The molecule has 9 heteroatoms. The molecule has 0 atom stereocenters. The van der Waals surface area contributed by atoms with Crippen molar-refractivity contribution in [1.29, 1.82) is 0 Å². The van der Waals surface area contributed by atoms with E-state index in [2.05, 4.69) is 4.74 Å². The summed E-state index contributed by atoms with van der Waals surface area (Å²) in [5.41, 5.74) is -0.587. The summed E-state index contributed by atoms with van der Waals surface area (Å²) in [6, 6.07) is 3.44. The molecule has 24 heavy (non-hydrogen) atoms. The number of hydrogen-bond acceptors (Lipinski definition) is 6. The Morgan fingerprint density at radius 3 is 2.42 bits per heavy atom. The van der Waals surface area contributed by atoms with Crippen LogP contribution in [-0.4, -0.2) is 53.0 Å². The molecule has 0 saturated carbocycles. The Morgan fingerprint density at radius 2 is 1.92 bits per heavy atom. The number of amides is 1. The number of esters is 1. The van der Waals surface area contributed by atoms with E-state index in [0.717, 1.165) is 12.1 Å². The lowest BCUT2D eigenvalue weighted by Crippen LogP contribution is -2.40. The summed E-state index contributed by atoms with van der Waals surface area (Å²) in [7, 11) is 1.17. The Labute approximate surface area is 137 Å². The molecular formula is C15H16N2O7. The number of piperidine rings is 1. The van der Waals surface area contributed by atoms with E-state index < -0.39 is 34.4 Å². The third kappa shape index (κ3) is 3.50. The van der Waals surface area contributed by atoms with Gasteiger partial charge in [0.15, 0.2) is 0 Å². The molecule has 2 rings (SSSR count). The van der Waals surface area contributed by atoms with Crippen LogP contribution in [-0.2, 0) is 9.53 Å². The molecule has 0 unspecified atom stereocenters. The SMILES string of the molecule is COC(=O)c1ccc([N+](=O)[O-])c(C(=O)N2CCC(C(=O)O)CC2)c1. The maximum absolute atomic E-state index is 12.6. The molecule has 1 heterocycles. The lowest BCUT2D eigenvalue weighted by Gasteiger charge is -2.30. The van der Waals surface area contributed by atoms with Crippen LogP contribution in [0.15, 0.2) is 18.2 Å². The summed E-state index contributed by atoms with van der Waals surface area (Å²) >= 11 is 0. The van der Waals surface area contributed by atoms with Crippen LogP contribution in [0.2, 0.25) is 0 Å². The van der Waals surface area contributed by atoms with Gasteiger partial charge < -0.3 is 14.7 Å². The van der Waals surface area contributed by atoms with E-state index in [-0.39, 0.29) is 37.1 Å². The van der Waals surface area contributed by atoms with Crippen molar-refractivity contribution in [3.8, 4) is 0 Å². The number of carbonyl (C=O) groups is 3. The van der Waals surface area contributed by atoms with Gasteiger partial charge in [-0.2, -0.15) is 0 Å². The Balaban J connectivity index is 2.29. The van der Waals surface area contributed by atoms with E-state index in [1.807, 2.05) is 0 Å². The highest BCUT2D eigenvalue weighted by atomic mass is 16.6. The molecule has 0 spiro atoms. The summed E-state index contributed by atoms with van der Waals surface area (Å²) in [4.78, 5) is 46.9. The van der Waals surface area contributed by atoms with Crippen LogP contribution in [0.1, 0.15) is 33.6 Å². The molecule has 0 aromatic heterocycles. The maximum Gasteiger partial charge on any atom is 0.337 e. The van der Waals surface area contributed by atoms with Gasteiger partial charge in [0, 0.05) is 19.2 Å². The van der Waals surface area contributed by atoms with Crippen LogP contribution in [0, 0.1) is 16.0 Å². The third-order valence-electron chi connectivity index (χ3n) is 3.98. The predicted octanol–water partition coefficient (Wildman–Crippen LogP) is 1.32. The highest BCUT2D eigenvalue weighted by Gasteiger charge is 2.31. The summed E-state index contributed by atoms with van der Waals surface area (Å²) in [6.07, 6.45) is 0.567. The lowest BCUT2D eigenvalue weighted by atomic mass is 9.96. The number of hydrogen-bond donors (Lipinski definition) is 1. The van der Waals surface area contributed by atoms with E-state index >= 15 is 0 Å². The van der Waals surface area contributed by atoms with Gasteiger partial charge in [-0.15, -0.1) is 0 Å². The molecular weight excluding hydrogens is 320 g/mol. The average molecular weight is 336 g/mol. The summed E-state index contributed by atoms with van der Waals surface area (Å²) in [5.74, 6) is -2.74. The molecule has 9 nitrogen and oxygen atoms in total. The van der Waals surface area contributed by atoms with Gasteiger partial charge in [0.2, 0.25) is 0 Å². The second-order valence-corrected chi connectivity index (χ2v) is 5.39. The minimum Gasteiger partial charge on any atom is -0.481 e. The Kier molecular flexibility index (Phi) is 5.12. The van der Waals surface area contributed by atoms with Crippen LogP contribution in [0.25, 0.3) is 0 Å². The quantitative estimate of drug-likeness (QED) is 0.499. The average Bonchev–Trinajstić information content (AvgIpc) is 2.59. The number of nitro benzene ring substituents is 1. The van der Waals surface area contributed by atoms with Crippen molar-refractivity contribution in [3.05, 3.63) is 39.4 Å². The van der Waals surface area contributed by atoms with Gasteiger partial charge in [-0.05, 0) is 25.0 Å². The third-order valence-corrected chi connectivity index (χ3v) is 3.98. The van der Waals surface area contributed by atoms with E-state index in [1.54, 1.807) is 0 Å². The molecule has 1 aromatic carbocycles. The van der Waals surface area contributed by atoms with Crippen molar-refractivity contribution < 1.29 is 29.2 Å². The Morgan fingerprint density at radius 1 is 1.29 bits per heavy atom. The molecule has 128 valence electrons. The van der Waals surface area contributed by atoms with Gasteiger partial charge in [0.05, 0.1) is 23.5 Å². The first-order valence-corrected chi connectivity index (χ1v) is 7.24. The molecule has 0 aliphatic carbocycles. The smallest absolute Gasteiger partial charge is 0.337 e. The van der Waals surface area contributed by atoms with Gasteiger partial charge in [-0.25, -0.2) is 4.79 Å². The number of carboxylic acid groups (broad SMARTS) is 1. The van der Waals surface area contributed by atoms with Crippen molar-refractivity contribution in [2.45, 2.75) is 12.8 Å². The molecule has 1 fully saturated rings. The minimum absolute atomic E-state index is 0.0341. The number of carbonyl (C=O) groups excluding carboxylic acids is 2. The van der Waals surface area contributed by atoms with E-state index in [4.69, 9.17) is 5.11 Å². The van der Waals surface area contributed by atoms with Gasteiger partial charge in [-0.1, -0.05) is 0 Å². The number of methoxy groups -OCH3 is 1. The van der Waals surface area contributed by atoms with Crippen LogP contribution in [0.5, 0.6) is 0 Å². The summed E-state index contributed by atoms with van der Waals surface area (Å²) in [6.45, 7) is 0.380. The fourth-order valence-electron chi connectivity index (χ4n) is 2.61. The van der Waals surface area contributed by atoms with Crippen molar-refractivity contribution in [1.82, 2.24) is 4.90 Å². The fraction of sp³-hybridized carbons (Fsp3) is 0.400. The molecule has 1 aromatic rings. The van der Waals surface area contributed by atoms with Crippen LogP contribution < -0.4 is 0 Å². The summed E-state index contributed by atoms with van der Waals surface area (Å²) in [5, 5.41) is 20.1. The predicted molar refractivity (Wildman–Crippen MR) is 80.7 cm³/mol. The van der Waals surface area contributed by atoms with E-state index in [9.17, 15) is 24.5 Å². The largest absolute Gasteiger partial charge is 0.481 e. The molecule has 1 amide bonds. The number of nitro groups is 1. The normalized spacial score (nSPS) is 15.0. The van der Waals surface area contributed by atoms with Crippen LogP contribution in [0.3, 0.4) is 0 Å². The molecule has 0 radical (unpaired) electrons. The standard InChI is InChI=1S/C15H16N2O7/c1-24-15(21)10-2-3-12(17(22)23)11(8-10)13(18)16-6-4-9(5-7-16)14(19)20/h2-3,8-9H,4-7H2,1H3,(H,19,20). The number of aliphatic carboxylic acids is 1. The molecule has 1 aliphatic heterocycles. The van der Waals surface area contributed by atoms with Crippen LogP contribution in [0.4, 0.5) is 5.69 Å². The Hall–Kier alpha value is -2.97. The van der Waals surface area contributed by atoms with Gasteiger partial charge in [0.1, 0.15) is 5.56 Å². The molecule has 0 bridgehead atoms. The first-order chi connectivity index (χ1) is 11.3. The van der Waals surface area contributed by atoms with E-state index in [1.165, 1.54) is 18.1 Å². The minimum atomic E-state index is -0.916. The van der Waals surface area contributed by atoms with Crippen molar-refractivity contribution in [2.24, 2.45) is 5.92 Å². The number of ether oxygens (including phenoxy) is 1. The number of rotatable bonds is 4. The highest BCUT2D eigenvalue weighted by molar-refractivity contribution is 6.01. The first kappa shape index (κ1) is 17.4. The molecule has 1 saturated heterocycles. The second-order valence-electron chi connectivity index (χ2n) is 5.39. The number of likely N-dealkylation sites (tertiary alicyclic amines) is 1. The number of carboxylic acids is 1.